The van der Waals surface area contributed by atoms with Gasteiger partial charge in [0.2, 0.25) is 0 Å². The fraction of sp³-hybridized carbons (Fsp3) is 0.538. The normalized spacial score (nSPS) is 11.5. The Morgan fingerprint density at radius 2 is 2.06 bits per heavy atom. The summed E-state index contributed by atoms with van der Waals surface area (Å²) in [5.41, 5.74) is 1.96. The molecule has 0 aliphatic heterocycles. The van der Waals surface area contributed by atoms with Crippen LogP contribution in [0.15, 0.2) is 18.2 Å². The standard InChI is InChI=1S/C13H19ClO3S/c1-3-18(15,16)9-5-8-17-13-11(2)6-4-7-12(13)10-14/h4,6-7H,3,5,8-10H2,1-2H3. The summed E-state index contributed by atoms with van der Waals surface area (Å²) in [6.07, 6.45) is 0.506. The summed E-state index contributed by atoms with van der Waals surface area (Å²) >= 11 is 5.84. The van der Waals surface area contributed by atoms with E-state index in [2.05, 4.69) is 0 Å². The van der Waals surface area contributed by atoms with Gasteiger partial charge in [-0.25, -0.2) is 8.42 Å². The third-order valence-corrected chi connectivity index (χ3v) is 4.80. The van der Waals surface area contributed by atoms with Crippen molar-refractivity contribution in [2.75, 3.05) is 18.1 Å². The zero-order valence-electron chi connectivity index (χ0n) is 10.8. The molecule has 0 radical (unpaired) electrons. The molecule has 0 amide bonds. The molecule has 3 nitrogen and oxygen atoms in total. The SMILES string of the molecule is CCS(=O)(=O)CCCOc1c(C)cccc1CCl. The van der Waals surface area contributed by atoms with Gasteiger partial charge in [-0.1, -0.05) is 25.1 Å². The Kier molecular flexibility index (Phi) is 5.96. The van der Waals surface area contributed by atoms with Crippen LogP contribution in [0.5, 0.6) is 5.75 Å². The molecule has 0 saturated heterocycles. The summed E-state index contributed by atoms with van der Waals surface area (Å²) in [4.78, 5) is 0. The average Bonchev–Trinajstić information content (AvgIpc) is 2.36. The van der Waals surface area contributed by atoms with Gasteiger partial charge < -0.3 is 4.74 Å². The number of hydrogen-bond acceptors (Lipinski definition) is 3. The summed E-state index contributed by atoms with van der Waals surface area (Å²) < 4.78 is 28.3. The third kappa shape index (κ3) is 4.50. The Hall–Kier alpha value is -0.740. The quantitative estimate of drug-likeness (QED) is 0.573. The first-order valence-electron chi connectivity index (χ1n) is 5.98. The van der Waals surface area contributed by atoms with Crippen molar-refractivity contribution in [2.45, 2.75) is 26.1 Å². The Morgan fingerprint density at radius 1 is 1.33 bits per heavy atom. The Bertz CT molecular complexity index is 483. The molecule has 0 aromatic heterocycles. The van der Waals surface area contributed by atoms with E-state index in [4.69, 9.17) is 16.3 Å². The highest BCUT2D eigenvalue weighted by atomic mass is 35.5. The highest BCUT2D eigenvalue weighted by molar-refractivity contribution is 7.91. The fourth-order valence-electron chi connectivity index (χ4n) is 1.62. The Balaban J connectivity index is 2.54. The number of halogens is 1. The van der Waals surface area contributed by atoms with E-state index in [1.165, 1.54) is 0 Å². The van der Waals surface area contributed by atoms with E-state index in [1.807, 2.05) is 25.1 Å². The second-order valence-corrected chi connectivity index (χ2v) is 6.88. The lowest BCUT2D eigenvalue weighted by Gasteiger charge is -2.12. The van der Waals surface area contributed by atoms with E-state index in [0.29, 0.717) is 18.9 Å². The van der Waals surface area contributed by atoms with Gasteiger partial charge in [0, 0.05) is 11.3 Å². The molecule has 18 heavy (non-hydrogen) atoms. The first-order valence-corrected chi connectivity index (χ1v) is 8.33. The average molecular weight is 291 g/mol. The lowest BCUT2D eigenvalue weighted by molar-refractivity contribution is 0.313. The molecule has 0 aliphatic carbocycles. The van der Waals surface area contributed by atoms with Crippen molar-refractivity contribution < 1.29 is 13.2 Å². The summed E-state index contributed by atoms with van der Waals surface area (Å²) in [7, 11) is -2.91. The molecule has 1 aromatic rings. The van der Waals surface area contributed by atoms with Gasteiger partial charge in [0.1, 0.15) is 15.6 Å². The highest BCUT2D eigenvalue weighted by Gasteiger charge is 2.09. The van der Waals surface area contributed by atoms with Crippen LogP contribution in [0.4, 0.5) is 0 Å². The highest BCUT2D eigenvalue weighted by Crippen LogP contribution is 2.24. The molecule has 0 spiro atoms. The molecule has 1 aromatic carbocycles. The van der Waals surface area contributed by atoms with Crippen molar-refractivity contribution in [1.29, 1.82) is 0 Å². The molecule has 0 unspecified atom stereocenters. The van der Waals surface area contributed by atoms with Gasteiger partial charge in [0.05, 0.1) is 18.2 Å². The molecular formula is C13H19ClO3S. The summed E-state index contributed by atoms with van der Waals surface area (Å²) in [5, 5.41) is 0. The van der Waals surface area contributed by atoms with Crippen LogP contribution < -0.4 is 4.74 Å². The first kappa shape index (κ1) is 15.3. The molecule has 1 rings (SSSR count). The van der Waals surface area contributed by atoms with Crippen LogP contribution in [0.1, 0.15) is 24.5 Å². The first-order chi connectivity index (χ1) is 8.50. The molecular weight excluding hydrogens is 272 g/mol. The molecule has 0 saturated carbocycles. The van der Waals surface area contributed by atoms with Crippen molar-refractivity contribution in [1.82, 2.24) is 0 Å². The number of aryl methyl sites for hydroxylation is 1. The van der Waals surface area contributed by atoms with Gasteiger partial charge >= 0.3 is 0 Å². The number of ether oxygens (including phenoxy) is 1. The maximum absolute atomic E-state index is 11.3. The zero-order valence-corrected chi connectivity index (χ0v) is 12.4. The zero-order chi connectivity index (χ0) is 13.6. The minimum atomic E-state index is -2.91. The van der Waals surface area contributed by atoms with Crippen LogP contribution >= 0.6 is 11.6 Å². The van der Waals surface area contributed by atoms with Gasteiger partial charge in [0.25, 0.3) is 0 Å². The van der Waals surface area contributed by atoms with Crippen molar-refractivity contribution in [3.05, 3.63) is 29.3 Å². The van der Waals surface area contributed by atoms with E-state index in [1.54, 1.807) is 6.92 Å². The van der Waals surface area contributed by atoms with Gasteiger partial charge in [-0.3, -0.25) is 0 Å². The third-order valence-electron chi connectivity index (χ3n) is 2.72. The minimum Gasteiger partial charge on any atom is -0.493 e. The number of benzene rings is 1. The maximum atomic E-state index is 11.3. The van der Waals surface area contributed by atoms with Gasteiger partial charge in [0.15, 0.2) is 0 Å². The number of sulfone groups is 1. The van der Waals surface area contributed by atoms with E-state index < -0.39 is 9.84 Å². The van der Waals surface area contributed by atoms with Gasteiger partial charge in [-0.15, -0.1) is 11.6 Å². The molecule has 0 bridgehead atoms. The van der Waals surface area contributed by atoms with E-state index in [-0.39, 0.29) is 11.5 Å². The fourth-order valence-corrected chi connectivity index (χ4v) is 2.68. The Morgan fingerprint density at radius 3 is 2.67 bits per heavy atom. The topological polar surface area (TPSA) is 43.4 Å². The lowest BCUT2D eigenvalue weighted by Crippen LogP contribution is -2.12. The van der Waals surface area contributed by atoms with E-state index in [0.717, 1.165) is 16.9 Å². The van der Waals surface area contributed by atoms with Crippen molar-refractivity contribution in [3.63, 3.8) is 0 Å². The second-order valence-electron chi connectivity index (χ2n) is 4.14. The summed E-state index contributed by atoms with van der Waals surface area (Å²) in [6, 6.07) is 5.80. The minimum absolute atomic E-state index is 0.172. The predicted molar refractivity (Wildman–Crippen MR) is 75.2 cm³/mol. The molecule has 0 heterocycles. The number of para-hydroxylation sites is 1. The van der Waals surface area contributed by atoms with Crippen molar-refractivity contribution in [3.8, 4) is 5.75 Å². The Labute approximate surface area is 114 Å². The van der Waals surface area contributed by atoms with Crippen LogP contribution in [0, 0.1) is 6.92 Å². The molecule has 5 heteroatoms. The molecule has 0 N–H and O–H groups in total. The van der Waals surface area contributed by atoms with Crippen LogP contribution in [-0.2, 0) is 15.7 Å². The van der Waals surface area contributed by atoms with Gasteiger partial charge in [-0.2, -0.15) is 0 Å². The van der Waals surface area contributed by atoms with Gasteiger partial charge in [-0.05, 0) is 18.9 Å². The number of hydrogen-bond donors (Lipinski definition) is 0. The molecule has 102 valence electrons. The largest absolute Gasteiger partial charge is 0.493 e. The maximum Gasteiger partial charge on any atom is 0.150 e. The molecule has 0 aliphatic rings. The number of rotatable bonds is 7. The summed E-state index contributed by atoms with van der Waals surface area (Å²) in [5.74, 6) is 1.53. The monoisotopic (exact) mass is 290 g/mol. The second kappa shape index (κ2) is 7.00. The number of alkyl halides is 1. The molecule has 0 fully saturated rings. The van der Waals surface area contributed by atoms with Crippen LogP contribution in [0.25, 0.3) is 0 Å². The van der Waals surface area contributed by atoms with Crippen molar-refractivity contribution >= 4 is 21.4 Å². The summed E-state index contributed by atoms with van der Waals surface area (Å²) in [6.45, 7) is 4.01. The van der Waals surface area contributed by atoms with Crippen molar-refractivity contribution in [2.24, 2.45) is 0 Å². The van der Waals surface area contributed by atoms with Crippen LogP contribution in [-0.4, -0.2) is 26.5 Å². The van der Waals surface area contributed by atoms with Crippen LogP contribution in [0.3, 0.4) is 0 Å². The lowest BCUT2D eigenvalue weighted by atomic mass is 10.1. The van der Waals surface area contributed by atoms with Crippen LogP contribution in [0.2, 0.25) is 0 Å². The smallest absolute Gasteiger partial charge is 0.150 e. The van der Waals surface area contributed by atoms with E-state index >= 15 is 0 Å². The molecule has 0 atom stereocenters. The predicted octanol–water partition coefficient (Wildman–Crippen LogP) is 2.94. The van der Waals surface area contributed by atoms with E-state index in [9.17, 15) is 8.42 Å².